The summed E-state index contributed by atoms with van der Waals surface area (Å²) in [4.78, 5) is 115. The Bertz CT molecular complexity index is 1840. The van der Waals surface area contributed by atoms with Crippen LogP contribution < -0.4 is 31.9 Å². The summed E-state index contributed by atoms with van der Waals surface area (Å²) in [6.45, 7) is 3.01. The molecule has 1 aromatic carbocycles. The smallest absolute Gasteiger partial charge is 0.410 e. The number of nitrogens with zero attached hydrogens (tertiary/aromatic N) is 4. The van der Waals surface area contributed by atoms with Crippen LogP contribution in [-0.4, -0.2) is 143 Å². The standard InChI is InChI=1S/C40H56N10O10/c1-40(2,3)60-39(59)50-22-26(34(54)43-19-29(51)36(56)44-21-31(53)47-33(38(58)49(4)5)25-14-10-7-11-15-25)28(23-50)46-30(52)20-45-37(57)32(24-12-8-6-9-13-24)48-35(55)27-18-41-16-17-42-27/h7,10-11,14-18,24,26,28-29,32-33,51H,6,8-9,12-13,19-23H2,1-5H3,(H,43,54)(H,44,56)(H,45,57)(H,46,52)(H,47,53)(H,48,55)/t26-,28+,29?,32?,33+/m1/s1. The first-order valence-corrected chi connectivity index (χ1v) is 19.8. The number of likely N-dealkylation sites (tertiary alicyclic amines) is 1. The molecule has 1 aliphatic heterocycles. The van der Waals surface area contributed by atoms with E-state index in [1.807, 2.05) is 0 Å². The first-order chi connectivity index (χ1) is 28.4. The van der Waals surface area contributed by atoms with Gasteiger partial charge in [0.05, 0.1) is 37.8 Å². The third kappa shape index (κ3) is 14.0. The second kappa shape index (κ2) is 21.7. The highest BCUT2D eigenvalue weighted by molar-refractivity contribution is 5.97. The van der Waals surface area contributed by atoms with Crippen LogP contribution in [0.4, 0.5) is 4.79 Å². The Hall–Kier alpha value is -6.18. The number of carbonyl (C=O) groups is 8. The largest absolute Gasteiger partial charge is 0.444 e. The number of hydrogen-bond acceptors (Lipinski definition) is 12. The van der Waals surface area contributed by atoms with Gasteiger partial charge in [0.1, 0.15) is 29.5 Å². The number of aromatic nitrogens is 2. The molecular formula is C40H56N10O10. The Balaban J connectivity index is 1.34. The third-order valence-corrected chi connectivity index (χ3v) is 9.89. The average molecular weight is 837 g/mol. The molecule has 1 aromatic heterocycles. The lowest BCUT2D eigenvalue weighted by atomic mass is 9.83. The van der Waals surface area contributed by atoms with Crippen molar-refractivity contribution in [2.24, 2.45) is 11.8 Å². The van der Waals surface area contributed by atoms with E-state index in [2.05, 4.69) is 41.9 Å². The highest BCUT2D eigenvalue weighted by Gasteiger charge is 2.42. The summed E-state index contributed by atoms with van der Waals surface area (Å²) in [5.41, 5.74) is -0.304. The third-order valence-electron chi connectivity index (χ3n) is 9.89. The van der Waals surface area contributed by atoms with E-state index >= 15 is 0 Å². The SMILES string of the molecule is CN(C)C(=O)[C@@H](NC(=O)CNC(=O)C(O)CNC(=O)[C@@H]1CN(C(=O)OC(C)(C)C)C[C@@H]1NC(=O)CNC(=O)C(NC(=O)c1cnccn1)C1CCCCC1)c1ccccc1. The zero-order valence-electron chi connectivity index (χ0n) is 34.6. The van der Waals surface area contributed by atoms with Gasteiger partial charge in [-0.3, -0.25) is 38.5 Å². The predicted octanol–water partition coefficient (Wildman–Crippen LogP) is -0.838. The molecule has 2 unspecified atom stereocenters. The Kier molecular flexibility index (Phi) is 16.8. The number of likely N-dealkylation sites (N-methyl/N-ethyl adjacent to an activating group) is 1. The van der Waals surface area contributed by atoms with Gasteiger partial charge < -0.3 is 51.5 Å². The molecule has 0 radical (unpaired) electrons. The summed E-state index contributed by atoms with van der Waals surface area (Å²) in [6, 6.07) is 5.58. The second-order valence-electron chi connectivity index (χ2n) is 15.9. The van der Waals surface area contributed by atoms with E-state index in [0.29, 0.717) is 18.4 Å². The van der Waals surface area contributed by atoms with Gasteiger partial charge in [-0.1, -0.05) is 49.6 Å². The number of amides is 8. The van der Waals surface area contributed by atoms with E-state index in [-0.39, 0.29) is 24.7 Å². The number of aliphatic hydroxyl groups excluding tert-OH is 1. The molecular weight excluding hydrogens is 780 g/mol. The first-order valence-electron chi connectivity index (χ1n) is 19.8. The molecule has 0 spiro atoms. The maximum atomic E-state index is 13.5. The molecule has 2 aromatic rings. The van der Waals surface area contributed by atoms with Crippen molar-refractivity contribution in [3.8, 4) is 0 Å². The van der Waals surface area contributed by atoms with Gasteiger partial charge in [0, 0.05) is 39.6 Å². The van der Waals surface area contributed by atoms with E-state index in [9.17, 15) is 43.5 Å². The molecule has 1 saturated carbocycles. The summed E-state index contributed by atoms with van der Waals surface area (Å²) in [5, 5.41) is 25.9. The van der Waals surface area contributed by atoms with E-state index < -0.39 is 103 Å². The van der Waals surface area contributed by atoms with E-state index in [4.69, 9.17) is 4.74 Å². The molecule has 2 aliphatic rings. The van der Waals surface area contributed by atoms with E-state index in [1.165, 1.54) is 42.5 Å². The number of carbonyl (C=O) groups excluding carboxylic acids is 8. The number of benzene rings is 1. The summed E-state index contributed by atoms with van der Waals surface area (Å²) in [5.74, 6) is -5.88. The zero-order chi connectivity index (χ0) is 44.0. The van der Waals surface area contributed by atoms with Crippen LogP contribution in [0.3, 0.4) is 0 Å². The van der Waals surface area contributed by atoms with Crippen molar-refractivity contribution >= 4 is 47.4 Å². The molecule has 20 nitrogen and oxygen atoms in total. The molecule has 60 heavy (non-hydrogen) atoms. The van der Waals surface area contributed by atoms with Crippen molar-refractivity contribution in [2.75, 3.05) is 46.8 Å². The van der Waals surface area contributed by atoms with Crippen LogP contribution in [0.25, 0.3) is 0 Å². The van der Waals surface area contributed by atoms with Gasteiger partial charge in [0.25, 0.3) is 11.8 Å². The lowest BCUT2D eigenvalue weighted by Crippen LogP contribution is -2.54. The molecule has 7 N–H and O–H groups in total. The minimum absolute atomic E-state index is 0.0339. The van der Waals surface area contributed by atoms with Crippen molar-refractivity contribution in [3.63, 3.8) is 0 Å². The highest BCUT2D eigenvalue weighted by atomic mass is 16.6. The quantitative estimate of drug-likeness (QED) is 0.109. The summed E-state index contributed by atoms with van der Waals surface area (Å²) in [7, 11) is 3.07. The fraction of sp³-hybridized carbons (Fsp3) is 0.550. The number of nitrogens with one attached hydrogen (secondary N) is 6. The average Bonchev–Trinajstić information content (AvgIpc) is 3.65. The molecule has 326 valence electrons. The van der Waals surface area contributed by atoms with Gasteiger partial charge in [0.2, 0.25) is 29.5 Å². The minimum Gasteiger partial charge on any atom is -0.444 e. The fourth-order valence-corrected chi connectivity index (χ4v) is 6.83. The van der Waals surface area contributed by atoms with Crippen molar-refractivity contribution in [3.05, 3.63) is 60.2 Å². The Morgan fingerprint density at radius 2 is 1.53 bits per heavy atom. The summed E-state index contributed by atoms with van der Waals surface area (Å²) >= 11 is 0. The molecule has 4 rings (SSSR count). The van der Waals surface area contributed by atoms with Crippen LogP contribution in [0.15, 0.2) is 48.9 Å². The molecule has 1 aliphatic carbocycles. The van der Waals surface area contributed by atoms with Crippen LogP contribution >= 0.6 is 0 Å². The number of rotatable bonds is 16. The molecule has 8 amide bonds. The van der Waals surface area contributed by atoms with Gasteiger partial charge in [-0.25, -0.2) is 9.78 Å². The lowest BCUT2D eigenvalue weighted by Gasteiger charge is -2.30. The highest BCUT2D eigenvalue weighted by Crippen LogP contribution is 2.27. The van der Waals surface area contributed by atoms with Crippen molar-refractivity contribution < 1.29 is 48.2 Å². The molecule has 2 fully saturated rings. The number of aliphatic hydroxyl groups is 1. The molecule has 2 heterocycles. The maximum Gasteiger partial charge on any atom is 0.410 e. The fourth-order valence-electron chi connectivity index (χ4n) is 6.83. The number of ether oxygens (including phenoxy) is 1. The molecule has 5 atom stereocenters. The normalized spacial score (nSPS) is 18.1. The van der Waals surface area contributed by atoms with E-state index in [0.717, 1.165) is 19.3 Å². The minimum atomic E-state index is -1.80. The van der Waals surface area contributed by atoms with Gasteiger partial charge in [-0.2, -0.15) is 0 Å². The zero-order valence-corrected chi connectivity index (χ0v) is 34.6. The van der Waals surface area contributed by atoms with Crippen molar-refractivity contribution in [1.82, 2.24) is 51.7 Å². The van der Waals surface area contributed by atoms with Gasteiger partial charge in [-0.15, -0.1) is 0 Å². The second-order valence-corrected chi connectivity index (χ2v) is 15.9. The first kappa shape index (κ1) is 46.5. The molecule has 1 saturated heterocycles. The van der Waals surface area contributed by atoms with Crippen LogP contribution in [0.2, 0.25) is 0 Å². The lowest BCUT2D eigenvalue weighted by molar-refractivity contribution is -0.135. The van der Waals surface area contributed by atoms with Crippen molar-refractivity contribution in [2.45, 2.75) is 82.7 Å². The van der Waals surface area contributed by atoms with E-state index in [1.54, 1.807) is 51.1 Å². The van der Waals surface area contributed by atoms with Crippen molar-refractivity contribution in [1.29, 1.82) is 0 Å². The van der Waals surface area contributed by atoms with Crippen LogP contribution in [0, 0.1) is 11.8 Å². The Morgan fingerprint density at radius 1 is 0.867 bits per heavy atom. The van der Waals surface area contributed by atoms with Crippen LogP contribution in [-0.2, 0) is 33.5 Å². The number of hydrogen-bond donors (Lipinski definition) is 7. The monoisotopic (exact) mass is 836 g/mol. The van der Waals surface area contributed by atoms with Gasteiger partial charge in [0.15, 0.2) is 0 Å². The Morgan fingerprint density at radius 3 is 2.17 bits per heavy atom. The summed E-state index contributed by atoms with van der Waals surface area (Å²) in [6.07, 6.45) is 5.68. The van der Waals surface area contributed by atoms with Gasteiger partial charge in [-0.05, 0) is 45.1 Å². The van der Waals surface area contributed by atoms with Crippen LogP contribution in [0.5, 0.6) is 0 Å². The predicted molar refractivity (Wildman–Crippen MR) is 214 cm³/mol. The molecule has 20 heteroatoms. The van der Waals surface area contributed by atoms with Gasteiger partial charge >= 0.3 is 6.09 Å². The topological polar surface area (TPSA) is 270 Å². The molecule has 0 bridgehead atoms. The summed E-state index contributed by atoms with van der Waals surface area (Å²) < 4.78 is 5.48. The maximum absolute atomic E-state index is 13.5. The van der Waals surface area contributed by atoms with Crippen LogP contribution in [0.1, 0.15) is 75.0 Å². The Labute approximate surface area is 348 Å².